The SMILES string of the molecule is CCCc1nc(C(C)(C)C)c(N)n1CC(C)C. The molecule has 2 N–H and O–H groups in total. The van der Waals surface area contributed by atoms with Gasteiger partial charge in [0.15, 0.2) is 0 Å². The van der Waals surface area contributed by atoms with Gasteiger partial charge in [0.25, 0.3) is 0 Å². The van der Waals surface area contributed by atoms with Crippen molar-refractivity contribution in [2.45, 2.75) is 66.3 Å². The average molecular weight is 237 g/mol. The van der Waals surface area contributed by atoms with E-state index in [1.165, 1.54) is 0 Å². The minimum absolute atomic E-state index is 0.0226. The van der Waals surface area contributed by atoms with E-state index in [9.17, 15) is 0 Å². The van der Waals surface area contributed by atoms with E-state index < -0.39 is 0 Å². The summed E-state index contributed by atoms with van der Waals surface area (Å²) in [7, 11) is 0. The van der Waals surface area contributed by atoms with E-state index in [1.54, 1.807) is 0 Å². The molecule has 0 unspecified atom stereocenters. The van der Waals surface area contributed by atoms with Gasteiger partial charge in [0.05, 0.1) is 5.69 Å². The van der Waals surface area contributed by atoms with Gasteiger partial charge in [-0.25, -0.2) is 4.98 Å². The van der Waals surface area contributed by atoms with Crippen LogP contribution in [-0.2, 0) is 18.4 Å². The molecule has 0 saturated heterocycles. The zero-order valence-corrected chi connectivity index (χ0v) is 12.2. The Hall–Kier alpha value is -0.990. The van der Waals surface area contributed by atoms with Crippen molar-refractivity contribution in [1.29, 1.82) is 0 Å². The highest BCUT2D eigenvalue weighted by molar-refractivity contribution is 5.42. The first-order valence-electron chi connectivity index (χ1n) is 6.62. The van der Waals surface area contributed by atoms with Gasteiger partial charge in [-0.1, -0.05) is 41.5 Å². The molecule has 1 aromatic rings. The highest BCUT2D eigenvalue weighted by atomic mass is 15.1. The number of anilines is 1. The van der Waals surface area contributed by atoms with Gasteiger partial charge in [0, 0.05) is 18.4 Å². The first-order chi connectivity index (χ1) is 7.77. The molecule has 3 nitrogen and oxygen atoms in total. The van der Waals surface area contributed by atoms with Gasteiger partial charge in [-0.15, -0.1) is 0 Å². The predicted molar refractivity (Wildman–Crippen MR) is 74.2 cm³/mol. The van der Waals surface area contributed by atoms with Crippen molar-refractivity contribution in [1.82, 2.24) is 9.55 Å². The van der Waals surface area contributed by atoms with Crippen LogP contribution in [0.4, 0.5) is 5.82 Å². The van der Waals surface area contributed by atoms with E-state index in [2.05, 4.69) is 46.1 Å². The lowest BCUT2D eigenvalue weighted by Crippen LogP contribution is -2.16. The van der Waals surface area contributed by atoms with E-state index in [0.29, 0.717) is 5.92 Å². The standard InChI is InChI=1S/C14H27N3/c1-7-8-11-16-12(14(4,5)6)13(15)17(11)9-10(2)3/h10H,7-9,15H2,1-6H3. The summed E-state index contributed by atoms with van der Waals surface area (Å²) < 4.78 is 2.20. The second kappa shape index (κ2) is 5.11. The monoisotopic (exact) mass is 237 g/mol. The van der Waals surface area contributed by atoms with Crippen LogP contribution in [0.5, 0.6) is 0 Å². The Balaban J connectivity index is 3.20. The molecule has 0 atom stereocenters. The minimum Gasteiger partial charge on any atom is -0.384 e. The van der Waals surface area contributed by atoms with Crippen LogP contribution >= 0.6 is 0 Å². The molecule has 0 aromatic carbocycles. The van der Waals surface area contributed by atoms with E-state index in [1.807, 2.05) is 0 Å². The second-order valence-electron chi connectivity index (χ2n) is 6.27. The lowest BCUT2D eigenvalue weighted by molar-refractivity contribution is 0.509. The maximum absolute atomic E-state index is 6.27. The molecule has 1 heterocycles. The molecule has 0 radical (unpaired) electrons. The minimum atomic E-state index is 0.0226. The number of hydrogen-bond donors (Lipinski definition) is 1. The van der Waals surface area contributed by atoms with Crippen LogP contribution in [0.3, 0.4) is 0 Å². The third-order valence-electron chi connectivity index (χ3n) is 2.82. The fourth-order valence-corrected chi connectivity index (χ4v) is 2.05. The molecule has 0 aliphatic carbocycles. The molecule has 0 amide bonds. The third-order valence-corrected chi connectivity index (χ3v) is 2.82. The number of aromatic nitrogens is 2. The van der Waals surface area contributed by atoms with Crippen molar-refractivity contribution >= 4 is 5.82 Å². The molecular formula is C14H27N3. The van der Waals surface area contributed by atoms with Crippen LogP contribution in [0.25, 0.3) is 0 Å². The van der Waals surface area contributed by atoms with Crippen molar-refractivity contribution in [3.63, 3.8) is 0 Å². The zero-order valence-electron chi connectivity index (χ0n) is 12.2. The molecule has 17 heavy (non-hydrogen) atoms. The first-order valence-corrected chi connectivity index (χ1v) is 6.62. The first kappa shape index (κ1) is 14.1. The largest absolute Gasteiger partial charge is 0.384 e. The maximum Gasteiger partial charge on any atom is 0.127 e. The van der Waals surface area contributed by atoms with Crippen molar-refractivity contribution in [2.75, 3.05) is 5.73 Å². The van der Waals surface area contributed by atoms with Crippen LogP contribution in [0.1, 0.15) is 59.5 Å². The van der Waals surface area contributed by atoms with Crippen LogP contribution in [0.15, 0.2) is 0 Å². The van der Waals surface area contributed by atoms with Crippen LogP contribution < -0.4 is 5.73 Å². The quantitative estimate of drug-likeness (QED) is 0.872. The lowest BCUT2D eigenvalue weighted by atomic mass is 9.92. The zero-order chi connectivity index (χ0) is 13.2. The molecule has 0 bridgehead atoms. The topological polar surface area (TPSA) is 43.8 Å². The Kier molecular flexibility index (Phi) is 4.23. The number of nitrogen functional groups attached to an aromatic ring is 1. The number of hydrogen-bond acceptors (Lipinski definition) is 2. The number of aryl methyl sites for hydroxylation is 1. The molecule has 0 spiro atoms. The molecule has 0 aliphatic rings. The highest BCUT2D eigenvalue weighted by Gasteiger charge is 2.24. The summed E-state index contributed by atoms with van der Waals surface area (Å²) in [6, 6.07) is 0. The summed E-state index contributed by atoms with van der Waals surface area (Å²) in [5.74, 6) is 2.59. The summed E-state index contributed by atoms with van der Waals surface area (Å²) in [5.41, 5.74) is 7.34. The average Bonchev–Trinajstić information content (AvgIpc) is 2.45. The summed E-state index contributed by atoms with van der Waals surface area (Å²) in [6.07, 6.45) is 2.12. The van der Waals surface area contributed by atoms with E-state index in [0.717, 1.165) is 36.7 Å². The molecule has 1 aromatic heterocycles. The Morgan fingerprint density at radius 3 is 2.29 bits per heavy atom. The summed E-state index contributed by atoms with van der Waals surface area (Å²) in [6.45, 7) is 14.1. The van der Waals surface area contributed by atoms with E-state index >= 15 is 0 Å². The number of imidazole rings is 1. The Morgan fingerprint density at radius 2 is 1.88 bits per heavy atom. The van der Waals surface area contributed by atoms with Gasteiger partial charge in [-0.2, -0.15) is 0 Å². The smallest absolute Gasteiger partial charge is 0.127 e. The maximum atomic E-state index is 6.27. The number of nitrogens with zero attached hydrogens (tertiary/aromatic N) is 2. The summed E-state index contributed by atoms with van der Waals surface area (Å²) in [4.78, 5) is 4.76. The second-order valence-corrected chi connectivity index (χ2v) is 6.27. The predicted octanol–water partition coefficient (Wildman–Crippen LogP) is 3.37. The van der Waals surface area contributed by atoms with Crippen molar-refractivity contribution in [3.05, 3.63) is 11.5 Å². The van der Waals surface area contributed by atoms with Gasteiger partial charge in [0.1, 0.15) is 11.6 Å². The van der Waals surface area contributed by atoms with Crippen LogP contribution in [0.2, 0.25) is 0 Å². The number of nitrogens with two attached hydrogens (primary N) is 1. The molecule has 3 heteroatoms. The molecule has 0 saturated carbocycles. The van der Waals surface area contributed by atoms with E-state index in [4.69, 9.17) is 10.7 Å². The Labute approximate surface area is 105 Å². The van der Waals surface area contributed by atoms with Crippen molar-refractivity contribution < 1.29 is 0 Å². The third kappa shape index (κ3) is 3.24. The number of rotatable bonds is 4. The molecule has 0 fully saturated rings. The van der Waals surface area contributed by atoms with Crippen LogP contribution in [0, 0.1) is 5.92 Å². The summed E-state index contributed by atoms with van der Waals surface area (Å²) >= 11 is 0. The van der Waals surface area contributed by atoms with Crippen molar-refractivity contribution in [3.8, 4) is 0 Å². The van der Waals surface area contributed by atoms with E-state index in [-0.39, 0.29) is 5.41 Å². The van der Waals surface area contributed by atoms with Crippen molar-refractivity contribution in [2.24, 2.45) is 5.92 Å². The Bertz CT molecular complexity index is 370. The van der Waals surface area contributed by atoms with Gasteiger partial charge in [-0.3, -0.25) is 0 Å². The van der Waals surface area contributed by atoms with Gasteiger partial charge >= 0.3 is 0 Å². The highest BCUT2D eigenvalue weighted by Crippen LogP contribution is 2.29. The van der Waals surface area contributed by atoms with Gasteiger partial charge < -0.3 is 10.3 Å². The summed E-state index contributed by atoms with van der Waals surface area (Å²) in [5, 5.41) is 0. The Morgan fingerprint density at radius 1 is 1.29 bits per heavy atom. The molecule has 1 rings (SSSR count). The lowest BCUT2D eigenvalue weighted by Gasteiger charge is -2.17. The fraction of sp³-hybridized carbons (Fsp3) is 0.786. The normalized spacial score (nSPS) is 12.4. The fourth-order valence-electron chi connectivity index (χ4n) is 2.05. The van der Waals surface area contributed by atoms with Gasteiger partial charge in [0.2, 0.25) is 0 Å². The molecule has 0 aliphatic heterocycles. The molecular weight excluding hydrogens is 210 g/mol. The molecule has 98 valence electrons. The van der Waals surface area contributed by atoms with Crippen LogP contribution in [-0.4, -0.2) is 9.55 Å². The van der Waals surface area contributed by atoms with Gasteiger partial charge in [-0.05, 0) is 12.3 Å².